The van der Waals surface area contributed by atoms with Crippen LogP contribution < -0.4 is 4.90 Å². The van der Waals surface area contributed by atoms with Crippen molar-refractivity contribution in [1.82, 2.24) is 20.2 Å². The Labute approximate surface area is 154 Å². The third kappa shape index (κ3) is 2.54. The van der Waals surface area contributed by atoms with Crippen LogP contribution in [0.15, 0.2) is 36.9 Å². The van der Waals surface area contributed by atoms with Crippen LogP contribution in [0.25, 0.3) is 21.1 Å². The maximum atomic E-state index is 13.9. The van der Waals surface area contributed by atoms with Gasteiger partial charge in [0.1, 0.15) is 5.82 Å². The summed E-state index contributed by atoms with van der Waals surface area (Å²) in [6, 6.07) is 7.69. The van der Waals surface area contributed by atoms with Crippen molar-refractivity contribution in [3.63, 3.8) is 0 Å². The molecule has 0 spiro atoms. The van der Waals surface area contributed by atoms with Crippen molar-refractivity contribution < 1.29 is 4.39 Å². The van der Waals surface area contributed by atoms with E-state index < -0.39 is 0 Å². The molecule has 0 bridgehead atoms. The smallest absolute Gasteiger partial charge is 0.192 e. The molecule has 1 fully saturated rings. The van der Waals surface area contributed by atoms with Crippen molar-refractivity contribution in [2.24, 2.45) is 0 Å². The van der Waals surface area contributed by atoms with Crippen LogP contribution in [0, 0.1) is 5.82 Å². The van der Waals surface area contributed by atoms with Crippen molar-refractivity contribution in [2.75, 3.05) is 18.0 Å². The minimum atomic E-state index is -0.212. The third-order valence-corrected chi connectivity index (χ3v) is 6.17. The van der Waals surface area contributed by atoms with Crippen molar-refractivity contribution in [3.8, 4) is 21.1 Å². The number of hydrogen-bond acceptors (Lipinski definition) is 5. The Morgan fingerprint density at radius 1 is 1.31 bits per heavy atom. The largest absolute Gasteiger partial charge is 0.367 e. The van der Waals surface area contributed by atoms with Crippen LogP contribution in [0.4, 0.5) is 10.1 Å². The molecule has 7 heteroatoms. The second-order valence-electron chi connectivity index (χ2n) is 6.79. The van der Waals surface area contributed by atoms with Crippen LogP contribution in [0.2, 0.25) is 0 Å². The summed E-state index contributed by atoms with van der Waals surface area (Å²) in [4.78, 5) is 4.46. The quantitative estimate of drug-likeness (QED) is 0.652. The predicted molar refractivity (Wildman–Crippen MR) is 101 cm³/mol. The molecule has 0 saturated heterocycles. The molecule has 2 aromatic heterocycles. The standard InChI is InChI=1S/C19H18FN5S/c1-2-8-24-9-7-12-10-17(19-21-22-23-25(19)14-4-5-14)26-18(12)15-6-3-13(20)11-16(15)24/h2-3,6,10-11,14H,1,4-5,7-9H2. The molecule has 0 atom stereocenters. The lowest BCUT2D eigenvalue weighted by atomic mass is 10.1. The van der Waals surface area contributed by atoms with Gasteiger partial charge in [-0.05, 0) is 59.5 Å². The summed E-state index contributed by atoms with van der Waals surface area (Å²) in [6.45, 7) is 5.38. The fourth-order valence-corrected chi connectivity index (χ4v) is 4.77. The molecule has 5 rings (SSSR count). The SMILES string of the molecule is C=CCN1CCc2cc(-c3nnnn3C3CC3)sc2-c2ccc(F)cc21. The number of hydrogen-bond donors (Lipinski definition) is 0. The lowest BCUT2D eigenvalue weighted by Gasteiger charge is -2.23. The molecule has 1 aromatic carbocycles. The molecule has 0 amide bonds. The lowest BCUT2D eigenvalue weighted by molar-refractivity contribution is 0.615. The van der Waals surface area contributed by atoms with E-state index in [0.717, 1.165) is 47.8 Å². The van der Waals surface area contributed by atoms with Crippen molar-refractivity contribution >= 4 is 17.0 Å². The van der Waals surface area contributed by atoms with Crippen LogP contribution in [0.1, 0.15) is 24.4 Å². The molecule has 1 aliphatic carbocycles. The first-order chi connectivity index (χ1) is 12.7. The normalized spacial score (nSPS) is 16.1. The summed E-state index contributed by atoms with van der Waals surface area (Å²) < 4.78 is 15.9. The van der Waals surface area contributed by atoms with Crippen LogP contribution in [0.3, 0.4) is 0 Å². The molecule has 0 N–H and O–H groups in total. The molecule has 3 aromatic rings. The minimum absolute atomic E-state index is 0.212. The Hall–Kier alpha value is -2.54. The highest BCUT2D eigenvalue weighted by Crippen LogP contribution is 2.45. The zero-order valence-electron chi connectivity index (χ0n) is 14.2. The fraction of sp³-hybridized carbons (Fsp3) is 0.316. The Balaban J connectivity index is 1.63. The van der Waals surface area contributed by atoms with Crippen molar-refractivity contribution in [3.05, 3.63) is 48.3 Å². The van der Waals surface area contributed by atoms with E-state index in [1.807, 2.05) is 16.8 Å². The van der Waals surface area contributed by atoms with E-state index in [1.54, 1.807) is 17.4 Å². The molecule has 0 unspecified atom stereocenters. The van der Waals surface area contributed by atoms with E-state index in [2.05, 4.69) is 33.1 Å². The number of tetrazole rings is 1. The van der Waals surface area contributed by atoms with E-state index in [-0.39, 0.29) is 5.82 Å². The van der Waals surface area contributed by atoms with Gasteiger partial charge in [-0.1, -0.05) is 6.08 Å². The van der Waals surface area contributed by atoms with E-state index in [1.165, 1.54) is 16.5 Å². The maximum absolute atomic E-state index is 13.9. The van der Waals surface area contributed by atoms with E-state index in [4.69, 9.17) is 0 Å². The van der Waals surface area contributed by atoms with Gasteiger partial charge in [-0.2, -0.15) is 0 Å². The highest BCUT2D eigenvalue weighted by molar-refractivity contribution is 7.19. The molecule has 132 valence electrons. The van der Waals surface area contributed by atoms with Crippen molar-refractivity contribution in [2.45, 2.75) is 25.3 Å². The van der Waals surface area contributed by atoms with Gasteiger partial charge >= 0.3 is 0 Å². The van der Waals surface area contributed by atoms with E-state index in [9.17, 15) is 4.39 Å². The second-order valence-corrected chi connectivity index (χ2v) is 7.84. The number of benzene rings is 1. The predicted octanol–water partition coefficient (Wildman–Crippen LogP) is 4.09. The summed E-state index contributed by atoms with van der Waals surface area (Å²) >= 11 is 1.70. The monoisotopic (exact) mass is 367 g/mol. The van der Waals surface area contributed by atoms with Crippen LogP contribution in [-0.4, -0.2) is 33.3 Å². The van der Waals surface area contributed by atoms with Crippen molar-refractivity contribution in [1.29, 1.82) is 0 Å². The fourth-order valence-electron chi connectivity index (χ4n) is 3.55. The molecule has 0 radical (unpaired) electrons. The number of fused-ring (bicyclic) bond motifs is 3. The van der Waals surface area contributed by atoms with Gasteiger partial charge in [-0.25, -0.2) is 9.07 Å². The average Bonchev–Trinajstić information content (AvgIpc) is 3.25. The van der Waals surface area contributed by atoms with Crippen LogP contribution >= 0.6 is 11.3 Å². The number of anilines is 1. The summed E-state index contributed by atoms with van der Waals surface area (Å²) in [7, 11) is 0. The first-order valence-electron chi connectivity index (χ1n) is 8.81. The van der Waals surface area contributed by atoms with Gasteiger partial charge in [0.25, 0.3) is 0 Å². The zero-order valence-corrected chi connectivity index (χ0v) is 15.0. The number of thiophene rings is 1. The molecule has 1 aliphatic heterocycles. The first kappa shape index (κ1) is 15.7. The topological polar surface area (TPSA) is 46.8 Å². The van der Waals surface area contributed by atoms with E-state index >= 15 is 0 Å². The van der Waals surface area contributed by atoms with Gasteiger partial charge in [0, 0.05) is 29.2 Å². The van der Waals surface area contributed by atoms with Gasteiger partial charge in [0.15, 0.2) is 5.82 Å². The highest BCUT2D eigenvalue weighted by Gasteiger charge is 2.30. The highest BCUT2D eigenvalue weighted by atomic mass is 32.1. The maximum Gasteiger partial charge on any atom is 0.192 e. The van der Waals surface area contributed by atoms with Gasteiger partial charge < -0.3 is 4.90 Å². The first-order valence-corrected chi connectivity index (χ1v) is 9.63. The molecule has 2 aliphatic rings. The van der Waals surface area contributed by atoms with Crippen LogP contribution in [0.5, 0.6) is 0 Å². The summed E-state index contributed by atoms with van der Waals surface area (Å²) in [5.41, 5.74) is 3.27. The Morgan fingerprint density at radius 3 is 3.00 bits per heavy atom. The molecule has 1 saturated carbocycles. The Kier molecular flexibility index (Phi) is 3.63. The van der Waals surface area contributed by atoms with E-state index in [0.29, 0.717) is 12.6 Å². The molecular weight excluding hydrogens is 349 g/mol. The summed E-state index contributed by atoms with van der Waals surface area (Å²) in [5.74, 6) is 0.632. The molecule has 3 heterocycles. The molecule has 26 heavy (non-hydrogen) atoms. The Morgan fingerprint density at radius 2 is 2.19 bits per heavy atom. The second kappa shape index (κ2) is 6.02. The Bertz CT molecular complexity index is 988. The van der Waals surface area contributed by atoms with Crippen LogP contribution in [-0.2, 0) is 6.42 Å². The van der Waals surface area contributed by atoms with Gasteiger partial charge in [0.2, 0.25) is 0 Å². The number of halogens is 1. The lowest BCUT2D eigenvalue weighted by Crippen LogP contribution is -2.25. The van der Waals surface area contributed by atoms with Gasteiger partial charge in [0.05, 0.1) is 10.9 Å². The van der Waals surface area contributed by atoms with Gasteiger partial charge in [-0.15, -0.1) is 23.0 Å². The molecule has 5 nitrogen and oxygen atoms in total. The minimum Gasteiger partial charge on any atom is -0.367 e. The molecular formula is C19H18FN5S. The van der Waals surface area contributed by atoms with Gasteiger partial charge in [-0.3, -0.25) is 0 Å². The summed E-state index contributed by atoms with van der Waals surface area (Å²) in [6.07, 6.45) is 5.05. The average molecular weight is 367 g/mol. The zero-order chi connectivity index (χ0) is 17.7. The summed E-state index contributed by atoms with van der Waals surface area (Å²) in [5, 5.41) is 12.3. The number of aromatic nitrogens is 4. The number of nitrogens with zero attached hydrogens (tertiary/aromatic N) is 5. The third-order valence-electron chi connectivity index (χ3n) is 4.96. The number of rotatable bonds is 4.